The monoisotopic (exact) mass is 276 g/mol. The average molecular weight is 276 g/mol. The molecule has 108 valence electrons. The maximum Gasteiger partial charge on any atom is 0.320 e. The Hall–Kier alpha value is -1.88. The Bertz CT molecular complexity index is 484. The second kappa shape index (κ2) is 6.52. The molecule has 0 unspecified atom stereocenters. The Balaban J connectivity index is 1.90. The van der Waals surface area contributed by atoms with Crippen molar-refractivity contribution in [3.8, 4) is 0 Å². The summed E-state index contributed by atoms with van der Waals surface area (Å²) in [4.78, 5) is 24.7. The number of aliphatic carboxylic acids is 1. The number of carbonyl (C=O) groups is 2. The van der Waals surface area contributed by atoms with Gasteiger partial charge < -0.3 is 10.4 Å². The van der Waals surface area contributed by atoms with Crippen LogP contribution >= 0.6 is 0 Å². The number of benzene rings is 1. The molecule has 1 aliphatic heterocycles. The van der Waals surface area contributed by atoms with Gasteiger partial charge in [0, 0.05) is 5.69 Å². The van der Waals surface area contributed by atoms with Crippen molar-refractivity contribution in [2.45, 2.75) is 32.2 Å². The number of amides is 1. The lowest BCUT2D eigenvalue weighted by molar-refractivity contribution is -0.142. The highest BCUT2D eigenvalue weighted by molar-refractivity contribution is 5.92. The van der Waals surface area contributed by atoms with Gasteiger partial charge in [0.1, 0.15) is 6.04 Å². The van der Waals surface area contributed by atoms with Gasteiger partial charge in [-0.15, -0.1) is 0 Å². The van der Waals surface area contributed by atoms with Crippen LogP contribution in [0.4, 0.5) is 5.69 Å². The van der Waals surface area contributed by atoms with Crippen LogP contribution in [-0.2, 0) is 16.0 Å². The average Bonchev–Trinajstić information content (AvgIpc) is 2.87. The van der Waals surface area contributed by atoms with Gasteiger partial charge in [-0.3, -0.25) is 14.5 Å². The van der Waals surface area contributed by atoms with Gasteiger partial charge in [0.25, 0.3) is 0 Å². The van der Waals surface area contributed by atoms with Crippen molar-refractivity contribution >= 4 is 17.6 Å². The van der Waals surface area contributed by atoms with Crippen LogP contribution in [0.25, 0.3) is 0 Å². The predicted molar refractivity (Wildman–Crippen MR) is 76.7 cm³/mol. The fourth-order valence-electron chi connectivity index (χ4n) is 2.50. The number of rotatable bonds is 5. The number of hydrogen-bond acceptors (Lipinski definition) is 3. The predicted octanol–water partition coefficient (Wildman–Crippen LogP) is 1.74. The van der Waals surface area contributed by atoms with Crippen molar-refractivity contribution < 1.29 is 14.7 Å². The zero-order valence-electron chi connectivity index (χ0n) is 11.6. The molecule has 0 aromatic heterocycles. The minimum absolute atomic E-state index is 0.131. The van der Waals surface area contributed by atoms with Gasteiger partial charge in [-0.2, -0.15) is 0 Å². The molecule has 1 aliphatic rings. The summed E-state index contributed by atoms with van der Waals surface area (Å²) in [5.41, 5.74) is 1.96. The summed E-state index contributed by atoms with van der Waals surface area (Å²) < 4.78 is 0. The fraction of sp³-hybridized carbons (Fsp3) is 0.467. The number of likely N-dealkylation sites (tertiary alicyclic amines) is 1. The summed E-state index contributed by atoms with van der Waals surface area (Å²) in [5.74, 6) is -1.01. The zero-order valence-corrected chi connectivity index (χ0v) is 11.6. The Morgan fingerprint density at radius 2 is 2.05 bits per heavy atom. The van der Waals surface area contributed by atoms with Crippen LogP contribution in [0.5, 0.6) is 0 Å². The Morgan fingerprint density at radius 3 is 2.65 bits per heavy atom. The summed E-state index contributed by atoms with van der Waals surface area (Å²) in [7, 11) is 0. The van der Waals surface area contributed by atoms with Crippen molar-refractivity contribution in [2.75, 3.05) is 18.4 Å². The lowest BCUT2D eigenvalue weighted by Crippen LogP contribution is -2.40. The summed E-state index contributed by atoms with van der Waals surface area (Å²) in [6.45, 7) is 2.87. The van der Waals surface area contributed by atoms with Gasteiger partial charge in [0.15, 0.2) is 0 Å². The van der Waals surface area contributed by atoms with Gasteiger partial charge in [-0.25, -0.2) is 0 Å². The number of carboxylic acid groups (broad SMARTS) is 1. The van der Waals surface area contributed by atoms with E-state index in [1.54, 1.807) is 4.90 Å². The highest BCUT2D eigenvalue weighted by Gasteiger charge is 2.31. The third kappa shape index (κ3) is 3.57. The quantitative estimate of drug-likeness (QED) is 0.859. The molecule has 1 fully saturated rings. The van der Waals surface area contributed by atoms with E-state index >= 15 is 0 Å². The molecule has 5 heteroatoms. The van der Waals surface area contributed by atoms with Crippen molar-refractivity contribution in [3.05, 3.63) is 29.8 Å². The molecule has 0 radical (unpaired) electrons. The maximum atomic E-state index is 11.9. The second-order valence-corrected chi connectivity index (χ2v) is 5.07. The van der Waals surface area contributed by atoms with Crippen LogP contribution in [-0.4, -0.2) is 41.0 Å². The molecular formula is C15H20N2O3. The first-order valence-electron chi connectivity index (χ1n) is 6.96. The van der Waals surface area contributed by atoms with Crippen molar-refractivity contribution in [3.63, 3.8) is 0 Å². The Morgan fingerprint density at radius 1 is 1.35 bits per heavy atom. The minimum Gasteiger partial charge on any atom is -0.480 e. The number of hydrogen-bond donors (Lipinski definition) is 2. The summed E-state index contributed by atoms with van der Waals surface area (Å²) in [6.07, 6.45) is 2.41. The summed E-state index contributed by atoms with van der Waals surface area (Å²) in [6, 6.07) is 7.17. The fourth-order valence-corrected chi connectivity index (χ4v) is 2.50. The first kappa shape index (κ1) is 14.5. The molecule has 2 N–H and O–H groups in total. The molecule has 2 rings (SSSR count). The van der Waals surface area contributed by atoms with Gasteiger partial charge in [0.05, 0.1) is 6.54 Å². The van der Waals surface area contributed by atoms with Gasteiger partial charge >= 0.3 is 5.97 Å². The topological polar surface area (TPSA) is 69.6 Å². The third-order valence-electron chi connectivity index (χ3n) is 3.64. The van der Waals surface area contributed by atoms with E-state index in [-0.39, 0.29) is 12.5 Å². The van der Waals surface area contributed by atoms with Crippen LogP contribution in [0.2, 0.25) is 0 Å². The number of nitrogens with one attached hydrogen (secondary N) is 1. The highest BCUT2D eigenvalue weighted by Crippen LogP contribution is 2.17. The Kier molecular flexibility index (Phi) is 4.74. The number of carbonyl (C=O) groups excluding carboxylic acids is 1. The van der Waals surface area contributed by atoms with Crippen molar-refractivity contribution in [1.82, 2.24) is 4.90 Å². The lowest BCUT2D eigenvalue weighted by Gasteiger charge is -2.20. The molecule has 0 spiro atoms. The van der Waals surface area contributed by atoms with E-state index in [1.165, 1.54) is 5.56 Å². The van der Waals surface area contributed by atoms with E-state index < -0.39 is 12.0 Å². The smallest absolute Gasteiger partial charge is 0.320 e. The van der Waals surface area contributed by atoms with Crippen LogP contribution in [0.3, 0.4) is 0 Å². The molecule has 1 saturated heterocycles. The van der Waals surface area contributed by atoms with E-state index in [2.05, 4.69) is 12.2 Å². The normalized spacial score (nSPS) is 18.9. The molecular weight excluding hydrogens is 256 g/mol. The second-order valence-electron chi connectivity index (χ2n) is 5.07. The number of aryl methyl sites for hydroxylation is 1. The standard InChI is InChI=1S/C15H20N2O3/c1-2-11-5-7-12(8-6-11)16-14(18)10-17-9-3-4-13(17)15(19)20/h5-8,13H,2-4,9-10H2,1H3,(H,16,18)(H,19,20)/t13-/m1/s1. The van der Waals surface area contributed by atoms with E-state index in [9.17, 15) is 9.59 Å². The zero-order chi connectivity index (χ0) is 14.5. The van der Waals surface area contributed by atoms with E-state index in [0.717, 1.165) is 18.5 Å². The van der Waals surface area contributed by atoms with Crippen LogP contribution in [0.15, 0.2) is 24.3 Å². The van der Waals surface area contributed by atoms with Gasteiger partial charge in [-0.1, -0.05) is 19.1 Å². The van der Waals surface area contributed by atoms with Gasteiger partial charge in [-0.05, 0) is 43.5 Å². The minimum atomic E-state index is -0.845. The summed E-state index contributed by atoms with van der Waals surface area (Å²) in [5, 5.41) is 11.9. The third-order valence-corrected chi connectivity index (χ3v) is 3.64. The van der Waals surface area contributed by atoms with Crippen molar-refractivity contribution in [1.29, 1.82) is 0 Å². The molecule has 1 heterocycles. The van der Waals surface area contributed by atoms with E-state index in [4.69, 9.17) is 5.11 Å². The lowest BCUT2D eigenvalue weighted by atomic mass is 10.1. The first-order valence-corrected chi connectivity index (χ1v) is 6.96. The first-order chi connectivity index (χ1) is 9.60. The molecule has 20 heavy (non-hydrogen) atoms. The molecule has 0 bridgehead atoms. The van der Waals surface area contributed by atoms with Crippen molar-refractivity contribution in [2.24, 2.45) is 0 Å². The maximum absolute atomic E-state index is 11.9. The molecule has 5 nitrogen and oxygen atoms in total. The molecule has 1 atom stereocenters. The molecule has 0 saturated carbocycles. The highest BCUT2D eigenvalue weighted by atomic mass is 16.4. The number of nitrogens with zero attached hydrogens (tertiary/aromatic N) is 1. The van der Waals surface area contributed by atoms with Gasteiger partial charge in [0.2, 0.25) is 5.91 Å². The number of carboxylic acids is 1. The molecule has 1 aromatic carbocycles. The van der Waals surface area contributed by atoms with E-state index in [1.807, 2.05) is 24.3 Å². The SMILES string of the molecule is CCc1ccc(NC(=O)CN2CCC[C@@H]2C(=O)O)cc1. The summed E-state index contributed by atoms with van der Waals surface area (Å²) >= 11 is 0. The van der Waals surface area contributed by atoms with E-state index in [0.29, 0.717) is 13.0 Å². The van der Waals surface area contributed by atoms with Crippen LogP contribution in [0.1, 0.15) is 25.3 Å². The molecule has 1 aromatic rings. The Labute approximate surface area is 118 Å². The largest absolute Gasteiger partial charge is 0.480 e. The van der Waals surface area contributed by atoms with Crippen LogP contribution in [0, 0.1) is 0 Å². The molecule has 0 aliphatic carbocycles. The number of anilines is 1. The van der Waals surface area contributed by atoms with Crippen LogP contribution < -0.4 is 5.32 Å². The molecule has 1 amide bonds.